The largest absolute Gasteiger partial charge is 0.424 e. The lowest BCUT2D eigenvalue weighted by molar-refractivity contribution is 0.359. The van der Waals surface area contributed by atoms with Crippen LogP contribution in [-0.2, 0) is 16.2 Å². The summed E-state index contributed by atoms with van der Waals surface area (Å²) in [5, 5.41) is 0. The number of hydrogen-bond acceptors (Lipinski definition) is 6. The van der Waals surface area contributed by atoms with E-state index in [4.69, 9.17) is 14.2 Å². The first-order chi connectivity index (χ1) is 19.4. The molecule has 0 saturated carbocycles. The SMILES string of the molecule is Cc1cc(C(C)(C)C)ccc1Oc1nc(Oc2ccc(C(C)(C)C)cc2C)nc(Oc2ccc(C(C)(C)C)cc2C)n1. The third kappa shape index (κ3) is 7.47. The Balaban J connectivity index is 1.71. The normalized spacial score (nSPS) is 12.3. The Morgan fingerprint density at radius 2 is 0.643 bits per heavy atom. The summed E-state index contributed by atoms with van der Waals surface area (Å²) in [7, 11) is 0. The number of hydrogen-bond donors (Lipinski definition) is 0. The van der Waals surface area contributed by atoms with Gasteiger partial charge in [-0.1, -0.05) is 98.7 Å². The zero-order chi connectivity index (χ0) is 31.0. The number of nitrogens with zero attached hydrogens (tertiary/aromatic N) is 3. The van der Waals surface area contributed by atoms with E-state index < -0.39 is 0 Å². The zero-order valence-corrected chi connectivity index (χ0v) is 27.3. The predicted molar refractivity (Wildman–Crippen MR) is 170 cm³/mol. The van der Waals surface area contributed by atoms with Crippen LogP contribution < -0.4 is 14.2 Å². The molecule has 1 heterocycles. The van der Waals surface area contributed by atoms with Gasteiger partial charge in [0.2, 0.25) is 0 Å². The van der Waals surface area contributed by atoms with Crippen molar-refractivity contribution in [1.82, 2.24) is 15.0 Å². The molecule has 0 aliphatic rings. The second-order valence-electron chi connectivity index (χ2n) is 14.2. The van der Waals surface area contributed by atoms with Gasteiger partial charge in [-0.05, 0) is 88.6 Å². The minimum atomic E-state index is 0.0271. The molecule has 4 aromatic rings. The first kappa shape index (κ1) is 31.0. The number of aromatic nitrogens is 3. The summed E-state index contributed by atoms with van der Waals surface area (Å²) in [6, 6.07) is 18.7. The number of benzene rings is 3. The van der Waals surface area contributed by atoms with E-state index in [0.717, 1.165) is 16.7 Å². The third-order valence-electron chi connectivity index (χ3n) is 7.30. The lowest BCUT2D eigenvalue weighted by atomic mass is 9.86. The van der Waals surface area contributed by atoms with Gasteiger partial charge in [0.25, 0.3) is 0 Å². The molecule has 3 aromatic carbocycles. The Bertz CT molecular complexity index is 1390. The minimum absolute atomic E-state index is 0.0271. The van der Waals surface area contributed by atoms with E-state index in [1.807, 2.05) is 39.0 Å². The van der Waals surface area contributed by atoms with Crippen molar-refractivity contribution in [2.75, 3.05) is 0 Å². The van der Waals surface area contributed by atoms with Crippen LogP contribution in [0, 0.1) is 20.8 Å². The van der Waals surface area contributed by atoms with Crippen LogP contribution in [-0.4, -0.2) is 15.0 Å². The molecule has 0 N–H and O–H groups in total. The molecule has 4 rings (SSSR count). The maximum absolute atomic E-state index is 6.20. The maximum Gasteiger partial charge on any atom is 0.331 e. The number of aryl methyl sites for hydroxylation is 3. The number of ether oxygens (including phenoxy) is 3. The summed E-state index contributed by atoms with van der Waals surface area (Å²) >= 11 is 0. The van der Waals surface area contributed by atoms with Gasteiger partial charge in [0.05, 0.1) is 0 Å². The fourth-order valence-corrected chi connectivity index (χ4v) is 4.44. The summed E-state index contributed by atoms with van der Waals surface area (Å²) in [5.74, 6) is 1.97. The van der Waals surface area contributed by atoms with Gasteiger partial charge in [-0.3, -0.25) is 0 Å². The highest BCUT2D eigenvalue weighted by Gasteiger charge is 2.20. The highest BCUT2D eigenvalue weighted by Crippen LogP contribution is 2.34. The van der Waals surface area contributed by atoms with Gasteiger partial charge in [-0.25, -0.2) is 0 Å². The van der Waals surface area contributed by atoms with Gasteiger partial charge < -0.3 is 14.2 Å². The second kappa shape index (κ2) is 11.4. The maximum atomic E-state index is 6.20. The molecule has 0 unspecified atom stereocenters. The van der Waals surface area contributed by atoms with Crippen molar-refractivity contribution in [2.45, 2.75) is 99.3 Å². The molecule has 6 nitrogen and oxygen atoms in total. The van der Waals surface area contributed by atoms with E-state index in [9.17, 15) is 0 Å². The average Bonchev–Trinajstić information content (AvgIpc) is 2.86. The van der Waals surface area contributed by atoms with Crippen molar-refractivity contribution in [3.63, 3.8) is 0 Å². The molecular formula is C36H45N3O3. The molecule has 0 bridgehead atoms. The summed E-state index contributed by atoms with van der Waals surface area (Å²) < 4.78 is 18.6. The molecular weight excluding hydrogens is 522 g/mol. The molecule has 0 aliphatic heterocycles. The smallest absolute Gasteiger partial charge is 0.331 e. The summed E-state index contributed by atoms with van der Waals surface area (Å²) in [6.45, 7) is 25.7. The monoisotopic (exact) mass is 567 g/mol. The summed E-state index contributed by atoms with van der Waals surface area (Å²) in [4.78, 5) is 13.5. The fraction of sp³-hybridized carbons (Fsp3) is 0.417. The Kier molecular flexibility index (Phi) is 8.41. The van der Waals surface area contributed by atoms with Crippen molar-refractivity contribution in [1.29, 1.82) is 0 Å². The highest BCUT2D eigenvalue weighted by atomic mass is 16.5. The Morgan fingerprint density at radius 1 is 0.405 bits per heavy atom. The van der Waals surface area contributed by atoms with Crippen molar-refractivity contribution < 1.29 is 14.2 Å². The van der Waals surface area contributed by atoms with Crippen molar-refractivity contribution in [3.05, 3.63) is 88.0 Å². The van der Waals surface area contributed by atoms with Crippen LogP contribution in [0.15, 0.2) is 54.6 Å². The van der Waals surface area contributed by atoms with Crippen LogP contribution in [0.5, 0.6) is 35.3 Å². The van der Waals surface area contributed by atoms with E-state index >= 15 is 0 Å². The van der Waals surface area contributed by atoms with Crippen molar-refractivity contribution in [2.24, 2.45) is 0 Å². The Hall–Kier alpha value is -3.93. The van der Waals surface area contributed by atoms with Crippen LogP contribution in [0.2, 0.25) is 0 Å². The Morgan fingerprint density at radius 3 is 0.833 bits per heavy atom. The molecule has 0 radical (unpaired) electrons. The van der Waals surface area contributed by atoms with Gasteiger partial charge in [0.15, 0.2) is 0 Å². The minimum Gasteiger partial charge on any atom is -0.424 e. The zero-order valence-electron chi connectivity index (χ0n) is 27.3. The second-order valence-corrected chi connectivity index (χ2v) is 14.2. The Labute approximate surface area is 251 Å². The van der Waals surface area contributed by atoms with Crippen LogP contribution in [0.3, 0.4) is 0 Å². The molecule has 1 aromatic heterocycles. The summed E-state index contributed by atoms with van der Waals surface area (Å²) in [6.07, 6.45) is 0. The summed E-state index contributed by atoms with van der Waals surface area (Å²) in [5.41, 5.74) is 6.69. The molecule has 0 amide bonds. The molecule has 0 fully saturated rings. The van der Waals surface area contributed by atoms with Gasteiger partial charge in [0.1, 0.15) is 17.2 Å². The van der Waals surface area contributed by atoms with Crippen molar-refractivity contribution >= 4 is 0 Å². The molecule has 6 heteroatoms. The van der Waals surface area contributed by atoms with Crippen LogP contribution in [0.4, 0.5) is 0 Å². The topological polar surface area (TPSA) is 66.4 Å². The van der Waals surface area contributed by atoms with Crippen molar-refractivity contribution in [3.8, 4) is 35.3 Å². The van der Waals surface area contributed by atoms with E-state index in [-0.39, 0.29) is 34.3 Å². The predicted octanol–water partition coefficient (Wildman–Crippen LogP) is 10.1. The molecule has 0 saturated heterocycles. The quantitative estimate of drug-likeness (QED) is 0.231. The first-order valence-electron chi connectivity index (χ1n) is 14.5. The third-order valence-corrected chi connectivity index (χ3v) is 7.30. The molecule has 0 aliphatic carbocycles. The number of rotatable bonds is 6. The highest BCUT2D eigenvalue weighted by molar-refractivity contribution is 5.43. The van der Waals surface area contributed by atoms with Gasteiger partial charge in [0, 0.05) is 0 Å². The first-order valence-corrected chi connectivity index (χ1v) is 14.5. The standard InChI is InChI=1S/C36H45N3O3/c1-22-19-25(34(4,5)6)13-16-28(22)40-31-37-32(41-29-17-14-26(20-23(29)2)35(7,8)9)39-33(38-31)42-30-18-15-27(21-24(30)3)36(10,11)12/h13-21H,1-12H3. The van der Waals surface area contributed by atoms with Crippen LogP contribution >= 0.6 is 0 Å². The lowest BCUT2D eigenvalue weighted by Crippen LogP contribution is -2.11. The van der Waals surface area contributed by atoms with E-state index in [0.29, 0.717) is 17.2 Å². The molecule has 0 atom stereocenters. The van der Waals surface area contributed by atoms with Crippen LogP contribution in [0.1, 0.15) is 95.7 Å². The van der Waals surface area contributed by atoms with E-state index in [2.05, 4.69) is 114 Å². The van der Waals surface area contributed by atoms with Gasteiger partial charge in [-0.15, -0.1) is 15.0 Å². The van der Waals surface area contributed by atoms with Crippen LogP contribution in [0.25, 0.3) is 0 Å². The molecule has 42 heavy (non-hydrogen) atoms. The average molecular weight is 568 g/mol. The lowest BCUT2D eigenvalue weighted by Gasteiger charge is -2.21. The van der Waals surface area contributed by atoms with Gasteiger partial charge >= 0.3 is 18.0 Å². The van der Waals surface area contributed by atoms with Gasteiger partial charge in [-0.2, -0.15) is 0 Å². The fourth-order valence-electron chi connectivity index (χ4n) is 4.44. The molecule has 222 valence electrons. The van der Waals surface area contributed by atoms with E-state index in [1.54, 1.807) is 0 Å². The molecule has 0 spiro atoms. The van der Waals surface area contributed by atoms with E-state index in [1.165, 1.54) is 16.7 Å².